The zero-order valence-corrected chi connectivity index (χ0v) is 15.1. The maximum atomic E-state index is 13.2. The van der Waals surface area contributed by atoms with Crippen molar-refractivity contribution in [3.63, 3.8) is 0 Å². The number of ether oxygens (including phenoxy) is 2. The molecule has 1 saturated carbocycles. The molecule has 2 aromatic rings. The molecule has 1 aliphatic rings. The Bertz CT molecular complexity index is 722. The van der Waals surface area contributed by atoms with E-state index in [0.29, 0.717) is 23.8 Å². The summed E-state index contributed by atoms with van der Waals surface area (Å²) in [6.07, 6.45) is 2.40. The van der Waals surface area contributed by atoms with Gasteiger partial charge in [0.15, 0.2) is 0 Å². The van der Waals surface area contributed by atoms with Gasteiger partial charge in [-0.1, -0.05) is 18.2 Å². The van der Waals surface area contributed by atoms with Crippen LogP contribution in [0.25, 0.3) is 0 Å². The molecule has 0 aromatic heterocycles. The summed E-state index contributed by atoms with van der Waals surface area (Å²) in [5, 5.41) is 0. The van der Waals surface area contributed by atoms with E-state index in [9.17, 15) is 4.79 Å². The SMILES string of the molecule is COc1ccc(CN(C(=O)c2cccc(OC)c2)C(C)C2CC2)cc1. The maximum Gasteiger partial charge on any atom is 0.254 e. The number of hydrogen-bond acceptors (Lipinski definition) is 3. The monoisotopic (exact) mass is 339 g/mol. The number of nitrogens with zero attached hydrogens (tertiary/aromatic N) is 1. The first-order valence-electron chi connectivity index (χ1n) is 8.70. The van der Waals surface area contributed by atoms with Crippen LogP contribution in [0.5, 0.6) is 11.5 Å². The van der Waals surface area contributed by atoms with Gasteiger partial charge in [0.2, 0.25) is 0 Å². The van der Waals surface area contributed by atoms with Gasteiger partial charge in [-0.25, -0.2) is 0 Å². The molecule has 1 aliphatic carbocycles. The van der Waals surface area contributed by atoms with Crippen molar-refractivity contribution in [3.05, 3.63) is 59.7 Å². The lowest BCUT2D eigenvalue weighted by atomic mass is 10.1. The predicted octanol–water partition coefficient (Wildman–Crippen LogP) is 4.14. The first-order chi connectivity index (χ1) is 12.1. The number of hydrogen-bond donors (Lipinski definition) is 0. The fourth-order valence-corrected chi connectivity index (χ4v) is 3.08. The summed E-state index contributed by atoms with van der Waals surface area (Å²) < 4.78 is 10.5. The molecule has 0 N–H and O–H groups in total. The van der Waals surface area contributed by atoms with Crippen LogP contribution < -0.4 is 9.47 Å². The zero-order chi connectivity index (χ0) is 17.8. The summed E-state index contributed by atoms with van der Waals surface area (Å²) >= 11 is 0. The summed E-state index contributed by atoms with van der Waals surface area (Å²) in [5.74, 6) is 2.18. The third-order valence-corrected chi connectivity index (χ3v) is 4.89. The van der Waals surface area contributed by atoms with E-state index in [1.807, 2.05) is 53.4 Å². The maximum absolute atomic E-state index is 13.2. The largest absolute Gasteiger partial charge is 0.497 e. The molecule has 0 saturated heterocycles. The van der Waals surface area contributed by atoms with Crippen LogP contribution in [0.3, 0.4) is 0 Å². The van der Waals surface area contributed by atoms with Crippen molar-refractivity contribution in [3.8, 4) is 11.5 Å². The molecular weight excluding hydrogens is 314 g/mol. The Hall–Kier alpha value is -2.49. The second-order valence-corrected chi connectivity index (χ2v) is 6.59. The molecule has 132 valence electrons. The number of benzene rings is 2. The highest BCUT2D eigenvalue weighted by Gasteiger charge is 2.34. The normalized spacial score (nSPS) is 14.7. The first kappa shape index (κ1) is 17.3. The zero-order valence-electron chi connectivity index (χ0n) is 15.1. The molecule has 1 atom stereocenters. The third-order valence-electron chi connectivity index (χ3n) is 4.89. The Balaban J connectivity index is 1.84. The predicted molar refractivity (Wildman–Crippen MR) is 98.0 cm³/mol. The number of rotatable bonds is 7. The second-order valence-electron chi connectivity index (χ2n) is 6.59. The molecule has 4 heteroatoms. The van der Waals surface area contributed by atoms with Crippen LogP contribution in [0.4, 0.5) is 0 Å². The number of methoxy groups -OCH3 is 2. The van der Waals surface area contributed by atoms with E-state index in [1.165, 1.54) is 12.8 Å². The van der Waals surface area contributed by atoms with Crippen LogP contribution in [-0.4, -0.2) is 31.1 Å². The van der Waals surface area contributed by atoms with Gasteiger partial charge in [0.25, 0.3) is 5.91 Å². The van der Waals surface area contributed by atoms with E-state index in [2.05, 4.69) is 6.92 Å². The second kappa shape index (κ2) is 7.60. The van der Waals surface area contributed by atoms with Crippen molar-refractivity contribution >= 4 is 5.91 Å². The number of amides is 1. The Morgan fingerprint density at radius 2 is 1.76 bits per heavy atom. The van der Waals surface area contributed by atoms with Gasteiger partial charge >= 0.3 is 0 Å². The van der Waals surface area contributed by atoms with E-state index < -0.39 is 0 Å². The van der Waals surface area contributed by atoms with Crippen molar-refractivity contribution in [2.45, 2.75) is 32.4 Å². The standard InChI is InChI=1S/C21H25NO3/c1-15(17-9-10-17)22(14-16-7-11-19(24-2)12-8-16)21(23)18-5-4-6-20(13-18)25-3/h4-8,11-13,15,17H,9-10,14H2,1-3H3. The molecule has 2 aromatic carbocycles. The van der Waals surface area contributed by atoms with Gasteiger partial charge in [0, 0.05) is 18.2 Å². The highest BCUT2D eigenvalue weighted by molar-refractivity contribution is 5.94. The third kappa shape index (κ3) is 4.13. The van der Waals surface area contributed by atoms with Crippen molar-refractivity contribution in [1.29, 1.82) is 0 Å². The van der Waals surface area contributed by atoms with Gasteiger partial charge in [-0.3, -0.25) is 4.79 Å². The average Bonchev–Trinajstić information content (AvgIpc) is 3.51. The molecule has 1 unspecified atom stereocenters. The minimum atomic E-state index is 0.0501. The van der Waals surface area contributed by atoms with E-state index in [-0.39, 0.29) is 11.9 Å². The molecular formula is C21H25NO3. The molecule has 4 nitrogen and oxygen atoms in total. The molecule has 25 heavy (non-hydrogen) atoms. The van der Waals surface area contributed by atoms with Crippen LogP contribution in [0.2, 0.25) is 0 Å². The summed E-state index contributed by atoms with van der Waals surface area (Å²) in [5.41, 5.74) is 1.77. The minimum Gasteiger partial charge on any atom is -0.497 e. The smallest absolute Gasteiger partial charge is 0.254 e. The van der Waals surface area contributed by atoms with E-state index in [4.69, 9.17) is 9.47 Å². The van der Waals surface area contributed by atoms with Crippen LogP contribution >= 0.6 is 0 Å². The fourth-order valence-electron chi connectivity index (χ4n) is 3.08. The molecule has 1 amide bonds. The van der Waals surface area contributed by atoms with E-state index >= 15 is 0 Å². The van der Waals surface area contributed by atoms with Gasteiger partial charge in [-0.2, -0.15) is 0 Å². The van der Waals surface area contributed by atoms with Gasteiger partial charge in [0.1, 0.15) is 11.5 Å². The van der Waals surface area contributed by atoms with Crippen LogP contribution in [0, 0.1) is 5.92 Å². The molecule has 0 bridgehead atoms. The van der Waals surface area contributed by atoms with Gasteiger partial charge in [-0.15, -0.1) is 0 Å². The minimum absolute atomic E-state index is 0.0501. The van der Waals surface area contributed by atoms with Gasteiger partial charge in [0.05, 0.1) is 14.2 Å². The topological polar surface area (TPSA) is 38.8 Å². The Morgan fingerprint density at radius 1 is 1.08 bits per heavy atom. The van der Waals surface area contributed by atoms with Crippen molar-refractivity contribution in [2.24, 2.45) is 5.92 Å². The Morgan fingerprint density at radius 3 is 2.36 bits per heavy atom. The highest BCUT2D eigenvalue weighted by Crippen LogP contribution is 2.36. The van der Waals surface area contributed by atoms with E-state index in [0.717, 1.165) is 11.3 Å². The Kier molecular flexibility index (Phi) is 5.27. The molecule has 3 rings (SSSR count). The average molecular weight is 339 g/mol. The fraction of sp³-hybridized carbons (Fsp3) is 0.381. The summed E-state index contributed by atoms with van der Waals surface area (Å²) in [4.78, 5) is 15.1. The molecule has 0 radical (unpaired) electrons. The summed E-state index contributed by atoms with van der Waals surface area (Å²) in [7, 11) is 3.27. The van der Waals surface area contributed by atoms with E-state index in [1.54, 1.807) is 14.2 Å². The molecule has 1 fully saturated rings. The lowest BCUT2D eigenvalue weighted by molar-refractivity contribution is 0.0654. The summed E-state index contributed by atoms with van der Waals surface area (Å²) in [6.45, 7) is 2.75. The summed E-state index contributed by atoms with van der Waals surface area (Å²) in [6, 6.07) is 15.5. The molecule has 0 heterocycles. The van der Waals surface area contributed by atoms with Gasteiger partial charge in [-0.05, 0) is 61.6 Å². The highest BCUT2D eigenvalue weighted by atomic mass is 16.5. The van der Waals surface area contributed by atoms with Crippen molar-refractivity contribution in [1.82, 2.24) is 4.90 Å². The lowest BCUT2D eigenvalue weighted by Gasteiger charge is -2.30. The van der Waals surface area contributed by atoms with Crippen LogP contribution in [0.15, 0.2) is 48.5 Å². The van der Waals surface area contributed by atoms with Crippen LogP contribution in [-0.2, 0) is 6.54 Å². The first-order valence-corrected chi connectivity index (χ1v) is 8.70. The van der Waals surface area contributed by atoms with Gasteiger partial charge < -0.3 is 14.4 Å². The number of carbonyl (C=O) groups is 1. The Labute approximate surface area is 149 Å². The van der Waals surface area contributed by atoms with Crippen molar-refractivity contribution in [2.75, 3.05) is 14.2 Å². The molecule has 0 spiro atoms. The van der Waals surface area contributed by atoms with Crippen molar-refractivity contribution < 1.29 is 14.3 Å². The number of carbonyl (C=O) groups excluding carboxylic acids is 1. The lowest BCUT2D eigenvalue weighted by Crippen LogP contribution is -2.39. The van der Waals surface area contributed by atoms with Crippen LogP contribution in [0.1, 0.15) is 35.7 Å². The quantitative estimate of drug-likeness (QED) is 0.761. The molecule has 0 aliphatic heterocycles.